The molecular formula is C23H16FN5O2S2. The molecule has 0 fully saturated rings. The molecule has 0 aliphatic heterocycles. The Morgan fingerprint density at radius 1 is 1.00 bits per heavy atom. The number of carbonyl (C=O) groups excluding carboxylic acids is 1. The van der Waals surface area contributed by atoms with Crippen molar-refractivity contribution in [3.05, 3.63) is 88.5 Å². The van der Waals surface area contributed by atoms with Gasteiger partial charge in [-0.15, -0.1) is 0 Å². The van der Waals surface area contributed by atoms with E-state index in [1.54, 1.807) is 42.5 Å². The SMILES string of the molecule is O=C(CSc1nc2ccccc2c(=O)n1Cc1ccc(F)cc1)Nc1cccc2nsnc12. The second-order valence-electron chi connectivity index (χ2n) is 7.20. The molecule has 164 valence electrons. The minimum absolute atomic E-state index is 0.0438. The minimum atomic E-state index is -0.348. The number of amides is 1. The number of hydrogen-bond donors (Lipinski definition) is 1. The van der Waals surface area contributed by atoms with Crippen molar-refractivity contribution in [2.24, 2.45) is 0 Å². The van der Waals surface area contributed by atoms with Gasteiger partial charge in [0.2, 0.25) is 5.91 Å². The quantitative estimate of drug-likeness (QED) is 0.289. The van der Waals surface area contributed by atoms with Gasteiger partial charge in [0.1, 0.15) is 16.9 Å². The summed E-state index contributed by atoms with van der Waals surface area (Å²) in [6.07, 6.45) is 0. The molecule has 0 saturated carbocycles. The lowest BCUT2D eigenvalue weighted by Gasteiger charge is -2.13. The molecule has 0 aliphatic rings. The number of benzene rings is 3. The molecule has 0 atom stereocenters. The lowest BCUT2D eigenvalue weighted by Crippen LogP contribution is -2.25. The Morgan fingerprint density at radius 3 is 2.64 bits per heavy atom. The van der Waals surface area contributed by atoms with Crippen LogP contribution in [-0.2, 0) is 11.3 Å². The molecule has 0 spiro atoms. The highest BCUT2D eigenvalue weighted by molar-refractivity contribution is 7.99. The number of halogens is 1. The van der Waals surface area contributed by atoms with E-state index in [0.717, 1.165) is 22.8 Å². The minimum Gasteiger partial charge on any atom is -0.323 e. The number of rotatable bonds is 6. The van der Waals surface area contributed by atoms with E-state index in [0.29, 0.717) is 27.3 Å². The Kier molecular flexibility index (Phi) is 5.84. The summed E-state index contributed by atoms with van der Waals surface area (Å²) in [5.74, 6) is -0.558. The standard InChI is InChI=1S/C23H16FN5O2S2/c24-15-10-8-14(9-11-15)12-29-22(31)16-4-1-2-5-17(16)26-23(29)32-13-20(30)25-18-6-3-7-19-21(18)28-33-27-19/h1-11H,12-13H2,(H,25,30). The summed E-state index contributed by atoms with van der Waals surface area (Å²) in [7, 11) is 0. The first-order valence-corrected chi connectivity index (χ1v) is 11.7. The van der Waals surface area contributed by atoms with Crippen LogP contribution >= 0.6 is 23.5 Å². The largest absolute Gasteiger partial charge is 0.323 e. The summed E-state index contributed by atoms with van der Waals surface area (Å²) in [5.41, 5.74) is 3.03. The molecule has 1 amide bonds. The van der Waals surface area contributed by atoms with Gasteiger partial charge in [0.15, 0.2) is 5.16 Å². The summed E-state index contributed by atoms with van der Waals surface area (Å²) in [4.78, 5) is 30.5. The number of hydrogen-bond acceptors (Lipinski definition) is 7. The lowest BCUT2D eigenvalue weighted by atomic mass is 10.2. The fourth-order valence-electron chi connectivity index (χ4n) is 3.39. The van der Waals surface area contributed by atoms with E-state index in [9.17, 15) is 14.0 Å². The third-order valence-corrected chi connectivity index (χ3v) is 6.49. The van der Waals surface area contributed by atoms with Gasteiger partial charge in [0.05, 0.1) is 40.6 Å². The fourth-order valence-corrected chi connectivity index (χ4v) is 4.74. The van der Waals surface area contributed by atoms with Crippen LogP contribution in [0.5, 0.6) is 0 Å². The second-order valence-corrected chi connectivity index (χ2v) is 8.67. The van der Waals surface area contributed by atoms with Gasteiger partial charge in [0.25, 0.3) is 5.56 Å². The van der Waals surface area contributed by atoms with Crippen molar-refractivity contribution in [3.8, 4) is 0 Å². The van der Waals surface area contributed by atoms with Crippen LogP contribution in [0.3, 0.4) is 0 Å². The van der Waals surface area contributed by atoms with Crippen LogP contribution in [0.25, 0.3) is 21.9 Å². The van der Waals surface area contributed by atoms with Crippen LogP contribution in [0.15, 0.2) is 76.7 Å². The Hall–Kier alpha value is -3.63. The molecule has 2 aromatic heterocycles. The zero-order valence-corrected chi connectivity index (χ0v) is 18.7. The lowest BCUT2D eigenvalue weighted by molar-refractivity contribution is -0.113. The summed E-state index contributed by atoms with van der Waals surface area (Å²) >= 11 is 2.25. The molecule has 33 heavy (non-hydrogen) atoms. The summed E-state index contributed by atoms with van der Waals surface area (Å²) in [5, 5.41) is 3.75. The fraction of sp³-hybridized carbons (Fsp3) is 0.0870. The zero-order valence-electron chi connectivity index (χ0n) is 17.1. The predicted octanol–water partition coefficient (Wildman–Crippen LogP) is 4.32. The van der Waals surface area contributed by atoms with E-state index in [-0.39, 0.29) is 29.6 Å². The van der Waals surface area contributed by atoms with E-state index in [2.05, 4.69) is 19.0 Å². The Bertz CT molecular complexity index is 1530. The molecule has 3 aromatic carbocycles. The predicted molar refractivity (Wildman–Crippen MR) is 128 cm³/mol. The van der Waals surface area contributed by atoms with E-state index in [1.165, 1.54) is 28.5 Å². The Morgan fingerprint density at radius 2 is 1.79 bits per heavy atom. The maximum Gasteiger partial charge on any atom is 0.262 e. The molecule has 0 bridgehead atoms. The zero-order chi connectivity index (χ0) is 22.8. The Balaban J connectivity index is 1.42. The smallest absolute Gasteiger partial charge is 0.262 e. The monoisotopic (exact) mass is 477 g/mol. The first-order chi connectivity index (χ1) is 16.1. The number of thioether (sulfide) groups is 1. The first-order valence-electron chi connectivity index (χ1n) is 9.96. The molecule has 2 heterocycles. The van der Waals surface area contributed by atoms with Crippen molar-refractivity contribution in [2.45, 2.75) is 11.7 Å². The van der Waals surface area contributed by atoms with Gasteiger partial charge in [0, 0.05) is 0 Å². The van der Waals surface area contributed by atoms with Gasteiger partial charge < -0.3 is 5.32 Å². The molecule has 0 radical (unpaired) electrons. The highest BCUT2D eigenvalue weighted by atomic mass is 32.2. The molecule has 5 rings (SSSR count). The van der Waals surface area contributed by atoms with Crippen LogP contribution in [0.4, 0.5) is 10.1 Å². The van der Waals surface area contributed by atoms with Gasteiger partial charge in [-0.2, -0.15) is 8.75 Å². The summed E-state index contributed by atoms with van der Waals surface area (Å²) < 4.78 is 23.2. The Labute approximate surface area is 195 Å². The number of carbonyl (C=O) groups is 1. The van der Waals surface area contributed by atoms with Crippen molar-refractivity contribution >= 4 is 57.0 Å². The van der Waals surface area contributed by atoms with Crippen molar-refractivity contribution in [3.63, 3.8) is 0 Å². The number of fused-ring (bicyclic) bond motifs is 2. The number of para-hydroxylation sites is 1. The number of nitrogens with one attached hydrogen (secondary N) is 1. The second kappa shape index (κ2) is 9.08. The normalized spacial score (nSPS) is 11.2. The molecular weight excluding hydrogens is 461 g/mol. The molecule has 1 N–H and O–H groups in total. The molecule has 5 aromatic rings. The molecule has 0 saturated heterocycles. The van der Waals surface area contributed by atoms with E-state index < -0.39 is 0 Å². The van der Waals surface area contributed by atoms with Gasteiger partial charge in [-0.05, 0) is 42.0 Å². The van der Waals surface area contributed by atoms with Crippen LogP contribution in [-0.4, -0.2) is 30.0 Å². The van der Waals surface area contributed by atoms with Crippen LogP contribution < -0.4 is 10.9 Å². The molecule has 10 heteroatoms. The molecule has 7 nitrogen and oxygen atoms in total. The van der Waals surface area contributed by atoms with Crippen LogP contribution in [0.1, 0.15) is 5.56 Å². The van der Waals surface area contributed by atoms with Gasteiger partial charge in [-0.25, -0.2) is 9.37 Å². The maximum atomic E-state index is 13.3. The number of anilines is 1. The summed E-state index contributed by atoms with van der Waals surface area (Å²) in [6, 6.07) is 18.4. The highest BCUT2D eigenvalue weighted by Crippen LogP contribution is 2.23. The van der Waals surface area contributed by atoms with E-state index in [4.69, 9.17) is 0 Å². The van der Waals surface area contributed by atoms with Crippen LogP contribution in [0.2, 0.25) is 0 Å². The van der Waals surface area contributed by atoms with Gasteiger partial charge in [-0.1, -0.05) is 42.1 Å². The van der Waals surface area contributed by atoms with E-state index >= 15 is 0 Å². The third kappa shape index (κ3) is 4.48. The van der Waals surface area contributed by atoms with Crippen molar-refractivity contribution in [1.82, 2.24) is 18.3 Å². The van der Waals surface area contributed by atoms with Crippen molar-refractivity contribution < 1.29 is 9.18 Å². The number of aromatic nitrogens is 4. The molecule has 0 unspecified atom stereocenters. The van der Waals surface area contributed by atoms with Crippen LogP contribution in [0, 0.1) is 5.82 Å². The first kappa shape index (κ1) is 21.2. The topological polar surface area (TPSA) is 89.8 Å². The summed E-state index contributed by atoms with van der Waals surface area (Å²) in [6.45, 7) is 0.213. The van der Waals surface area contributed by atoms with Crippen molar-refractivity contribution in [1.29, 1.82) is 0 Å². The number of nitrogens with zero attached hydrogens (tertiary/aromatic N) is 4. The third-order valence-electron chi connectivity index (χ3n) is 4.97. The molecule has 0 aliphatic carbocycles. The van der Waals surface area contributed by atoms with E-state index in [1.807, 2.05) is 12.1 Å². The average molecular weight is 478 g/mol. The van der Waals surface area contributed by atoms with Crippen molar-refractivity contribution in [2.75, 3.05) is 11.1 Å². The van der Waals surface area contributed by atoms with Gasteiger partial charge >= 0.3 is 0 Å². The average Bonchev–Trinajstić information content (AvgIpc) is 3.31. The van der Waals surface area contributed by atoms with Gasteiger partial charge in [-0.3, -0.25) is 14.2 Å². The highest BCUT2D eigenvalue weighted by Gasteiger charge is 2.15. The maximum absolute atomic E-state index is 13.3.